The third-order valence-corrected chi connectivity index (χ3v) is 6.64. The van der Waals surface area contributed by atoms with Gasteiger partial charge in [-0.3, -0.25) is 4.79 Å². The predicted octanol–water partition coefficient (Wildman–Crippen LogP) is 3.94. The standard InChI is InChI=1S/C23H24ClN3O3/c24-17-5-6-18-19(14-27(12-9-25-29)21(18)13-17)22(28)26-10-7-23(8-11-26)20-4-2-1-3-16(20)15-30-23/h1-6,13-14,25,29H,7-12,15H2. The molecule has 2 aliphatic rings. The molecule has 0 unspecified atom stereocenters. The largest absolute Gasteiger partial charge is 0.365 e. The van der Waals surface area contributed by atoms with E-state index in [-0.39, 0.29) is 11.5 Å². The number of benzene rings is 2. The first-order valence-corrected chi connectivity index (χ1v) is 10.7. The molecule has 3 heterocycles. The van der Waals surface area contributed by atoms with Gasteiger partial charge >= 0.3 is 0 Å². The van der Waals surface area contributed by atoms with Crippen LogP contribution in [0.5, 0.6) is 0 Å². The number of rotatable bonds is 4. The number of nitrogens with one attached hydrogen (secondary N) is 1. The lowest BCUT2D eigenvalue weighted by molar-refractivity contribution is -0.0741. The van der Waals surface area contributed by atoms with Gasteiger partial charge in [0.05, 0.1) is 23.3 Å². The van der Waals surface area contributed by atoms with Crippen LogP contribution in [0, 0.1) is 0 Å². The highest BCUT2D eigenvalue weighted by molar-refractivity contribution is 6.31. The van der Waals surface area contributed by atoms with E-state index in [9.17, 15) is 4.79 Å². The molecule has 2 aromatic carbocycles. The minimum absolute atomic E-state index is 0.0270. The molecular weight excluding hydrogens is 402 g/mol. The summed E-state index contributed by atoms with van der Waals surface area (Å²) in [5.41, 5.74) is 6.01. The predicted molar refractivity (Wildman–Crippen MR) is 115 cm³/mol. The van der Waals surface area contributed by atoms with E-state index in [4.69, 9.17) is 21.5 Å². The van der Waals surface area contributed by atoms with E-state index in [1.54, 1.807) is 0 Å². The highest BCUT2D eigenvalue weighted by Gasteiger charge is 2.43. The molecule has 0 saturated carbocycles. The maximum atomic E-state index is 13.4. The van der Waals surface area contributed by atoms with Gasteiger partial charge in [-0.25, -0.2) is 5.48 Å². The molecule has 0 aliphatic carbocycles. The van der Waals surface area contributed by atoms with Crippen molar-refractivity contribution in [1.29, 1.82) is 0 Å². The second-order valence-corrected chi connectivity index (χ2v) is 8.47. The lowest BCUT2D eigenvalue weighted by atomic mass is 9.83. The molecule has 5 rings (SSSR count). The van der Waals surface area contributed by atoms with Crippen LogP contribution in [0.4, 0.5) is 0 Å². The van der Waals surface area contributed by atoms with Crippen LogP contribution in [0.1, 0.15) is 34.3 Å². The van der Waals surface area contributed by atoms with E-state index < -0.39 is 0 Å². The zero-order valence-corrected chi connectivity index (χ0v) is 17.4. The van der Waals surface area contributed by atoms with Crippen molar-refractivity contribution < 1.29 is 14.7 Å². The number of hydrogen-bond acceptors (Lipinski definition) is 4. The van der Waals surface area contributed by atoms with Gasteiger partial charge in [0.2, 0.25) is 0 Å². The summed E-state index contributed by atoms with van der Waals surface area (Å²) in [6, 6.07) is 14.0. The third-order valence-electron chi connectivity index (χ3n) is 6.41. The van der Waals surface area contributed by atoms with Gasteiger partial charge in [0.1, 0.15) is 0 Å². The lowest BCUT2D eigenvalue weighted by Crippen LogP contribution is -2.45. The molecule has 2 aliphatic heterocycles. The quantitative estimate of drug-likeness (QED) is 0.621. The molecule has 1 fully saturated rings. The fraction of sp³-hybridized carbons (Fsp3) is 0.348. The molecule has 3 aromatic rings. The number of carbonyl (C=O) groups is 1. The van der Waals surface area contributed by atoms with Crippen molar-refractivity contribution in [2.75, 3.05) is 19.6 Å². The molecule has 2 N–H and O–H groups in total. The van der Waals surface area contributed by atoms with Crippen LogP contribution >= 0.6 is 11.6 Å². The first-order chi connectivity index (χ1) is 14.6. The van der Waals surface area contributed by atoms with Crippen LogP contribution < -0.4 is 5.48 Å². The zero-order chi connectivity index (χ0) is 20.7. The summed E-state index contributed by atoms with van der Waals surface area (Å²) in [4.78, 5) is 15.3. The Morgan fingerprint density at radius 3 is 2.80 bits per heavy atom. The fourth-order valence-corrected chi connectivity index (χ4v) is 5.00. The summed E-state index contributed by atoms with van der Waals surface area (Å²) in [6.07, 6.45) is 3.47. The van der Waals surface area contributed by atoms with E-state index in [0.717, 1.165) is 23.7 Å². The van der Waals surface area contributed by atoms with E-state index in [1.165, 1.54) is 11.1 Å². The monoisotopic (exact) mass is 425 g/mol. The molecule has 0 atom stereocenters. The zero-order valence-electron chi connectivity index (χ0n) is 16.6. The van der Waals surface area contributed by atoms with Gasteiger partial charge in [0.15, 0.2) is 0 Å². The molecule has 1 amide bonds. The Bertz CT molecular complexity index is 1100. The van der Waals surface area contributed by atoms with Crippen LogP contribution in [0.2, 0.25) is 5.02 Å². The average molecular weight is 426 g/mol. The molecule has 30 heavy (non-hydrogen) atoms. The Morgan fingerprint density at radius 2 is 2.00 bits per heavy atom. The summed E-state index contributed by atoms with van der Waals surface area (Å²) in [6.45, 7) is 2.88. The van der Waals surface area contributed by atoms with Crippen molar-refractivity contribution in [3.8, 4) is 0 Å². The number of aromatic nitrogens is 1. The van der Waals surface area contributed by atoms with Gasteiger partial charge < -0.3 is 19.4 Å². The van der Waals surface area contributed by atoms with Crippen LogP contribution in [0.3, 0.4) is 0 Å². The highest BCUT2D eigenvalue weighted by Crippen LogP contribution is 2.44. The van der Waals surface area contributed by atoms with E-state index in [2.05, 4.69) is 23.7 Å². The van der Waals surface area contributed by atoms with Crippen LogP contribution in [-0.2, 0) is 23.5 Å². The summed E-state index contributed by atoms with van der Waals surface area (Å²) in [5, 5.41) is 10.5. The van der Waals surface area contributed by atoms with Gasteiger partial charge in [-0.2, -0.15) is 0 Å². The summed E-state index contributed by atoms with van der Waals surface area (Å²) in [5.74, 6) is 0.0270. The Hall–Kier alpha value is -2.38. The van der Waals surface area contributed by atoms with Crippen molar-refractivity contribution in [2.24, 2.45) is 0 Å². The van der Waals surface area contributed by atoms with Crippen molar-refractivity contribution in [3.63, 3.8) is 0 Å². The minimum atomic E-state index is -0.262. The number of likely N-dealkylation sites (tertiary alicyclic amines) is 1. The number of nitrogens with zero attached hydrogens (tertiary/aromatic N) is 2. The molecule has 156 valence electrons. The number of hydrogen-bond donors (Lipinski definition) is 2. The van der Waals surface area contributed by atoms with Crippen molar-refractivity contribution in [1.82, 2.24) is 14.9 Å². The number of fused-ring (bicyclic) bond motifs is 3. The second kappa shape index (κ2) is 7.71. The summed E-state index contributed by atoms with van der Waals surface area (Å²) >= 11 is 6.19. The van der Waals surface area contributed by atoms with Crippen molar-refractivity contribution in [3.05, 3.63) is 70.4 Å². The van der Waals surface area contributed by atoms with Crippen LogP contribution in [0.25, 0.3) is 10.9 Å². The Kier molecular flexibility index (Phi) is 5.03. The number of ether oxygens (including phenoxy) is 1. The average Bonchev–Trinajstić information content (AvgIpc) is 3.31. The highest BCUT2D eigenvalue weighted by atomic mass is 35.5. The third kappa shape index (κ3) is 3.20. The molecule has 0 bridgehead atoms. The number of hydroxylamine groups is 1. The number of piperidine rings is 1. The second-order valence-electron chi connectivity index (χ2n) is 8.04. The van der Waals surface area contributed by atoms with E-state index in [0.29, 0.717) is 43.4 Å². The normalized spacial score (nSPS) is 17.6. The lowest BCUT2D eigenvalue weighted by Gasteiger charge is -2.39. The van der Waals surface area contributed by atoms with Crippen LogP contribution in [0.15, 0.2) is 48.7 Å². The summed E-state index contributed by atoms with van der Waals surface area (Å²) in [7, 11) is 0. The van der Waals surface area contributed by atoms with Gasteiger partial charge in [-0.05, 0) is 36.1 Å². The first-order valence-electron chi connectivity index (χ1n) is 10.3. The molecule has 1 saturated heterocycles. The fourth-order valence-electron chi connectivity index (χ4n) is 4.83. The molecule has 0 radical (unpaired) electrons. The summed E-state index contributed by atoms with van der Waals surface area (Å²) < 4.78 is 8.19. The Balaban J connectivity index is 1.39. The first kappa shape index (κ1) is 19.6. The van der Waals surface area contributed by atoms with Gasteiger partial charge in [-0.15, -0.1) is 0 Å². The topological polar surface area (TPSA) is 66.7 Å². The van der Waals surface area contributed by atoms with Crippen molar-refractivity contribution in [2.45, 2.75) is 31.6 Å². The molecule has 7 heteroatoms. The molecule has 1 aromatic heterocycles. The van der Waals surface area contributed by atoms with Gasteiger partial charge in [0.25, 0.3) is 5.91 Å². The number of halogens is 1. The maximum Gasteiger partial charge on any atom is 0.256 e. The Morgan fingerprint density at radius 1 is 1.20 bits per heavy atom. The smallest absolute Gasteiger partial charge is 0.256 e. The molecular formula is C23H24ClN3O3. The number of amides is 1. The Labute approximate surface area is 179 Å². The van der Waals surface area contributed by atoms with Gasteiger partial charge in [-0.1, -0.05) is 41.9 Å². The van der Waals surface area contributed by atoms with Crippen molar-refractivity contribution >= 4 is 28.4 Å². The molecule has 1 spiro atoms. The maximum absolute atomic E-state index is 13.4. The van der Waals surface area contributed by atoms with E-state index in [1.807, 2.05) is 39.9 Å². The van der Waals surface area contributed by atoms with E-state index >= 15 is 0 Å². The van der Waals surface area contributed by atoms with Crippen LogP contribution in [-0.4, -0.2) is 40.2 Å². The van der Waals surface area contributed by atoms with Gasteiger partial charge in [0, 0.05) is 42.8 Å². The minimum Gasteiger partial charge on any atom is -0.365 e. The molecule has 6 nitrogen and oxygen atoms in total. The SMILES string of the molecule is O=C(c1cn(CCNO)c2cc(Cl)ccc12)N1CCC2(CC1)OCc1ccccc12. The number of carbonyl (C=O) groups excluding carboxylic acids is 1.